The molecule has 9 heteroatoms. The van der Waals surface area contributed by atoms with Crippen LogP contribution in [-0.2, 0) is 9.53 Å². The number of ether oxygens (including phenoxy) is 5. The van der Waals surface area contributed by atoms with E-state index in [1.54, 1.807) is 52.4 Å². The lowest BCUT2D eigenvalue weighted by Crippen LogP contribution is -2.48. The largest absolute Gasteiger partial charge is 0.497 e. The first kappa shape index (κ1) is 24.2. The lowest BCUT2D eigenvalue weighted by Gasteiger charge is -2.38. The van der Waals surface area contributed by atoms with Crippen molar-refractivity contribution in [1.29, 1.82) is 0 Å². The summed E-state index contributed by atoms with van der Waals surface area (Å²) in [5.74, 6) is 1.79. The molecule has 0 aromatic heterocycles. The molecule has 0 spiro atoms. The van der Waals surface area contributed by atoms with Crippen molar-refractivity contribution in [2.75, 3.05) is 39.9 Å². The number of thiocarbonyl (C=S) groups is 1. The van der Waals surface area contributed by atoms with Crippen LogP contribution in [0, 0.1) is 0 Å². The number of esters is 1. The fourth-order valence-electron chi connectivity index (χ4n) is 3.77. The number of methoxy groups -OCH3 is 4. The molecule has 1 atom stereocenters. The lowest BCUT2D eigenvalue weighted by molar-refractivity contribution is -0.139. The smallest absolute Gasteiger partial charge is 0.338 e. The number of rotatable bonds is 8. The van der Waals surface area contributed by atoms with Crippen LogP contribution in [-0.4, -0.2) is 46.1 Å². The zero-order valence-corrected chi connectivity index (χ0v) is 20.4. The Morgan fingerprint density at radius 3 is 2.12 bits per heavy atom. The molecule has 0 radical (unpaired) electrons. The lowest BCUT2D eigenvalue weighted by atomic mass is 9.93. The van der Waals surface area contributed by atoms with E-state index in [0.29, 0.717) is 39.2 Å². The van der Waals surface area contributed by atoms with Crippen molar-refractivity contribution >= 4 is 29.0 Å². The van der Waals surface area contributed by atoms with E-state index in [4.69, 9.17) is 35.9 Å². The molecule has 0 aliphatic carbocycles. The molecule has 1 aliphatic heterocycles. The highest BCUT2D eigenvalue weighted by Gasteiger charge is 2.37. The first-order valence-corrected chi connectivity index (χ1v) is 10.7. The summed E-state index contributed by atoms with van der Waals surface area (Å²) in [7, 11) is 6.25. The second-order valence-corrected chi connectivity index (χ2v) is 7.47. The van der Waals surface area contributed by atoms with Gasteiger partial charge >= 0.3 is 5.97 Å². The summed E-state index contributed by atoms with van der Waals surface area (Å²) in [4.78, 5) is 14.9. The zero-order valence-electron chi connectivity index (χ0n) is 19.6. The molecule has 1 heterocycles. The van der Waals surface area contributed by atoms with Gasteiger partial charge in [-0.3, -0.25) is 4.90 Å². The van der Waals surface area contributed by atoms with Crippen LogP contribution in [0.15, 0.2) is 47.7 Å². The molecule has 1 N–H and O–H groups in total. The molecular formula is C24H28N2O6S. The number of nitrogens with one attached hydrogen (secondary N) is 1. The van der Waals surface area contributed by atoms with Crippen LogP contribution < -0.4 is 29.2 Å². The van der Waals surface area contributed by atoms with Gasteiger partial charge in [-0.15, -0.1) is 0 Å². The molecule has 2 aromatic carbocycles. The number of allylic oxidation sites excluding steroid dienone is 1. The van der Waals surface area contributed by atoms with Crippen LogP contribution >= 0.6 is 12.2 Å². The van der Waals surface area contributed by atoms with Crippen LogP contribution in [0.4, 0.5) is 5.69 Å². The number of carbonyl (C=O) groups is 1. The molecule has 0 bridgehead atoms. The highest BCUT2D eigenvalue weighted by Crippen LogP contribution is 2.42. The van der Waals surface area contributed by atoms with Crippen molar-refractivity contribution in [3.63, 3.8) is 0 Å². The van der Waals surface area contributed by atoms with Crippen molar-refractivity contribution in [3.8, 4) is 23.0 Å². The minimum absolute atomic E-state index is 0.235. The first-order chi connectivity index (χ1) is 15.9. The Labute approximate surface area is 199 Å². The molecule has 8 nitrogen and oxygen atoms in total. The Bertz CT molecular complexity index is 1070. The van der Waals surface area contributed by atoms with E-state index in [2.05, 4.69) is 5.32 Å². The van der Waals surface area contributed by atoms with E-state index in [9.17, 15) is 4.79 Å². The Morgan fingerprint density at radius 2 is 1.58 bits per heavy atom. The van der Waals surface area contributed by atoms with E-state index >= 15 is 0 Å². The Morgan fingerprint density at radius 1 is 0.970 bits per heavy atom. The monoisotopic (exact) mass is 472 g/mol. The van der Waals surface area contributed by atoms with Crippen LogP contribution in [0.1, 0.15) is 25.5 Å². The van der Waals surface area contributed by atoms with Crippen LogP contribution in [0.25, 0.3) is 0 Å². The Balaban J connectivity index is 2.19. The summed E-state index contributed by atoms with van der Waals surface area (Å²) in [6.07, 6.45) is 0. The molecular weight excluding hydrogens is 444 g/mol. The average molecular weight is 473 g/mol. The third-order valence-corrected chi connectivity index (χ3v) is 5.66. The van der Waals surface area contributed by atoms with Gasteiger partial charge in [0.05, 0.1) is 46.7 Å². The second-order valence-electron chi connectivity index (χ2n) is 7.08. The third-order valence-electron chi connectivity index (χ3n) is 5.36. The number of carbonyl (C=O) groups excluding carboxylic acids is 1. The van der Waals surface area contributed by atoms with Gasteiger partial charge in [-0.05, 0) is 56.4 Å². The highest BCUT2D eigenvalue weighted by molar-refractivity contribution is 7.80. The summed E-state index contributed by atoms with van der Waals surface area (Å²) in [5, 5.41) is 3.71. The van der Waals surface area contributed by atoms with Gasteiger partial charge in [0.25, 0.3) is 0 Å². The molecule has 1 unspecified atom stereocenters. The van der Waals surface area contributed by atoms with E-state index in [-0.39, 0.29) is 6.61 Å². The van der Waals surface area contributed by atoms with Crippen molar-refractivity contribution in [2.24, 2.45) is 0 Å². The number of benzene rings is 2. The van der Waals surface area contributed by atoms with Gasteiger partial charge in [0.2, 0.25) is 0 Å². The topological polar surface area (TPSA) is 78.5 Å². The van der Waals surface area contributed by atoms with Crippen molar-refractivity contribution in [3.05, 3.63) is 53.2 Å². The van der Waals surface area contributed by atoms with E-state index in [0.717, 1.165) is 11.4 Å². The molecule has 0 saturated heterocycles. The summed E-state index contributed by atoms with van der Waals surface area (Å²) < 4.78 is 27.2. The van der Waals surface area contributed by atoms with Gasteiger partial charge in [0.15, 0.2) is 16.6 Å². The van der Waals surface area contributed by atoms with Crippen molar-refractivity contribution in [2.45, 2.75) is 19.9 Å². The minimum atomic E-state index is -0.624. The van der Waals surface area contributed by atoms with Crippen LogP contribution in [0.5, 0.6) is 23.0 Å². The molecule has 1 aliphatic rings. The summed E-state index contributed by atoms with van der Waals surface area (Å²) in [6, 6.07) is 10.3. The Kier molecular flexibility index (Phi) is 7.65. The third kappa shape index (κ3) is 4.68. The number of hydrogen-bond donors (Lipinski definition) is 1. The van der Waals surface area contributed by atoms with E-state index < -0.39 is 12.0 Å². The first-order valence-electron chi connectivity index (χ1n) is 10.3. The standard InChI is InChI=1S/C24H28N2O6S/c1-7-32-23(27)21-14(2)26(15-8-10-16(28-3)11-9-15)24(33)25-22(21)17-12-19(30-5)20(31-6)13-18(17)29-4/h8-13,22H,7H2,1-6H3,(H,25,33). The van der Waals surface area contributed by atoms with Gasteiger partial charge in [0.1, 0.15) is 11.5 Å². The molecule has 0 saturated carbocycles. The predicted octanol–water partition coefficient (Wildman–Crippen LogP) is 3.99. The normalized spacial score (nSPS) is 15.6. The number of hydrogen-bond acceptors (Lipinski definition) is 7. The van der Waals surface area contributed by atoms with Crippen LogP contribution in [0.3, 0.4) is 0 Å². The zero-order chi connectivity index (χ0) is 24.1. The maximum absolute atomic E-state index is 13.1. The predicted molar refractivity (Wildman–Crippen MR) is 129 cm³/mol. The van der Waals surface area contributed by atoms with Crippen molar-refractivity contribution < 1.29 is 28.5 Å². The fraction of sp³-hybridized carbons (Fsp3) is 0.333. The average Bonchev–Trinajstić information content (AvgIpc) is 2.83. The summed E-state index contributed by atoms with van der Waals surface area (Å²) >= 11 is 5.72. The van der Waals surface area contributed by atoms with Gasteiger partial charge in [-0.25, -0.2) is 4.79 Å². The SMILES string of the molecule is CCOC(=O)C1=C(C)N(c2ccc(OC)cc2)C(=S)NC1c1cc(OC)c(OC)cc1OC. The maximum atomic E-state index is 13.1. The fourth-order valence-corrected chi connectivity index (χ4v) is 4.13. The highest BCUT2D eigenvalue weighted by atomic mass is 32.1. The van der Waals surface area contributed by atoms with Crippen LogP contribution in [0.2, 0.25) is 0 Å². The molecule has 2 aromatic rings. The molecule has 0 amide bonds. The van der Waals surface area contributed by atoms with Gasteiger partial charge < -0.3 is 29.0 Å². The molecule has 0 fully saturated rings. The van der Waals surface area contributed by atoms with Crippen molar-refractivity contribution in [1.82, 2.24) is 5.32 Å². The minimum Gasteiger partial charge on any atom is -0.497 e. The van der Waals surface area contributed by atoms with Gasteiger partial charge in [-0.2, -0.15) is 0 Å². The second kappa shape index (κ2) is 10.4. The molecule has 33 heavy (non-hydrogen) atoms. The molecule has 3 rings (SSSR count). The Hall–Kier alpha value is -3.46. The molecule has 176 valence electrons. The quantitative estimate of drug-likeness (QED) is 0.453. The van der Waals surface area contributed by atoms with E-state index in [1.807, 2.05) is 31.2 Å². The maximum Gasteiger partial charge on any atom is 0.338 e. The van der Waals surface area contributed by atoms with E-state index in [1.165, 1.54) is 0 Å². The van der Waals surface area contributed by atoms with Gasteiger partial charge in [0, 0.05) is 23.0 Å². The summed E-state index contributed by atoms with van der Waals surface area (Å²) in [5.41, 5.74) is 2.50. The number of anilines is 1. The summed E-state index contributed by atoms with van der Waals surface area (Å²) in [6.45, 7) is 3.84. The number of nitrogens with zero attached hydrogens (tertiary/aromatic N) is 1. The van der Waals surface area contributed by atoms with Gasteiger partial charge in [-0.1, -0.05) is 0 Å².